The maximum absolute atomic E-state index is 11.6. The van der Waals surface area contributed by atoms with Crippen LogP contribution in [-0.4, -0.2) is 55.8 Å². The summed E-state index contributed by atoms with van der Waals surface area (Å²) in [6, 6.07) is 0. The Morgan fingerprint density at radius 3 is 2.89 bits per heavy atom. The summed E-state index contributed by atoms with van der Waals surface area (Å²) in [6.45, 7) is 2.31. The van der Waals surface area contributed by atoms with E-state index in [-0.39, 0.29) is 42.4 Å². The number of nitrogens with zero attached hydrogens (tertiary/aromatic N) is 4. The minimum absolute atomic E-state index is 0.0719. The summed E-state index contributed by atoms with van der Waals surface area (Å²) < 4.78 is 1.47. The molecule has 0 atom stereocenters. The molecule has 9 heteroatoms. The van der Waals surface area contributed by atoms with Crippen LogP contribution < -0.4 is 5.32 Å². The zero-order valence-electron chi connectivity index (χ0n) is 10.3. The van der Waals surface area contributed by atoms with E-state index in [1.807, 2.05) is 0 Å². The second-order valence-corrected chi connectivity index (χ2v) is 4.91. The lowest BCUT2D eigenvalue weighted by Crippen LogP contribution is -2.38. The highest BCUT2D eigenvalue weighted by molar-refractivity contribution is 8.14. The number of nitrogens with one attached hydrogen (secondary N) is 1. The van der Waals surface area contributed by atoms with Gasteiger partial charge in [0, 0.05) is 13.1 Å². The molecule has 1 saturated heterocycles. The van der Waals surface area contributed by atoms with Crippen molar-refractivity contribution < 1.29 is 14.4 Å². The van der Waals surface area contributed by atoms with Crippen molar-refractivity contribution in [3.8, 4) is 0 Å². The van der Waals surface area contributed by atoms with Crippen LogP contribution in [0.1, 0.15) is 5.69 Å². The first kappa shape index (κ1) is 13.5. The average Bonchev–Trinajstić information content (AvgIpc) is 2.90. The van der Waals surface area contributed by atoms with Gasteiger partial charge in [-0.3, -0.25) is 19.3 Å². The van der Waals surface area contributed by atoms with Crippen molar-refractivity contribution in [2.75, 3.05) is 18.8 Å². The van der Waals surface area contributed by atoms with E-state index in [0.29, 0.717) is 0 Å². The molecule has 0 saturated carbocycles. The zero-order chi connectivity index (χ0) is 13.8. The Morgan fingerprint density at radius 1 is 1.53 bits per heavy atom. The van der Waals surface area contributed by atoms with Crippen LogP contribution in [0.3, 0.4) is 0 Å². The molecule has 1 aliphatic rings. The van der Waals surface area contributed by atoms with Gasteiger partial charge in [-0.2, -0.15) is 0 Å². The van der Waals surface area contributed by atoms with Crippen molar-refractivity contribution in [3.63, 3.8) is 0 Å². The quantitative estimate of drug-likeness (QED) is 0.775. The summed E-state index contributed by atoms with van der Waals surface area (Å²) in [5.74, 6) is -0.262. The molecule has 0 unspecified atom stereocenters. The zero-order valence-corrected chi connectivity index (χ0v) is 11.1. The molecule has 0 aromatic carbocycles. The standard InChI is InChI=1S/C10H13N5O3S/c1-7-4-12-13-15(7)5-8(16)11-2-3-14-9(17)6-19-10(14)18/h4H,2-3,5-6H2,1H3,(H,11,16). The fourth-order valence-electron chi connectivity index (χ4n) is 1.56. The summed E-state index contributed by atoms with van der Waals surface area (Å²) >= 11 is 0.980. The molecule has 3 amide bonds. The Hall–Kier alpha value is -1.90. The fraction of sp³-hybridized carbons (Fsp3) is 0.500. The summed E-state index contributed by atoms with van der Waals surface area (Å²) in [4.78, 5) is 35.4. The SMILES string of the molecule is Cc1cnnn1CC(=O)NCCN1C(=O)CSC1=O. The Morgan fingerprint density at radius 2 is 2.32 bits per heavy atom. The van der Waals surface area contributed by atoms with Gasteiger partial charge in [0.1, 0.15) is 6.54 Å². The van der Waals surface area contributed by atoms with Crippen molar-refractivity contribution in [1.82, 2.24) is 25.2 Å². The number of hydrogen-bond acceptors (Lipinski definition) is 6. The minimum atomic E-state index is -0.258. The van der Waals surface area contributed by atoms with Crippen LogP contribution in [0.25, 0.3) is 0 Å². The first-order chi connectivity index (χ1) is 9.08. The lowest BCUT2D eigenvalue weighted by Gasteiger charge is -2.13. The molecule has 1 N–H and O–H groups in total. The van der Waals surface area contributed by atoms with Crippen molar-refractivity contribution in [2.24, 2.45) is 0 Å². The number of carbonyl (C=O) groups is 3. The molecule has 1 fully saturated rings. The van der Waals surface area contributed by atoms with Crippen molar-refractivity contribution in [3.05, 3.63) is 11.9 Å². The van der Waals surface area contributed by atoms with Crippen LogP contribution in [0.5, 0.6) is 0 Å². The van der Waals surface area contributed by atoms with Crippen LogP contribution in [0.2, 0.25) is 0 Å². The molecule has 19 heavy (non-hydrogen) atoms. The molecular weight excluding hydrogens is 270 g/mol. The highest BCUT2D eigenvalue weighted by atomic mass is 32.2. The van der Waals surface area contributed by atoms with Gasteiger partial charge in [0.05, 0.1) is 17.6 Å². The van der Waals surface area contributed by atoms with E-state index in [0.717, 1.165) is 22.4 Å². The van der Waals surface area contributed by atoms with Gasteiger partial charge < -0.3 is 5.32 Å². The van der Waals surface area contributed by atoms with E-state index >= 15 is 0 Å². The first-order valence-electron chi connectivity index (χ1n) is 5.67. The molecule has 1 aliphatic heterocycles. The molecule has 0 bridgehead atoms. The highest BCUT2D eigenvalue weighted by Gasteiger charge is 2.29. The first-order valence-corrected chi connectivity index (χ1v) is 6.65. The van der Waals surface area contributed by atoms with Crippen LogP contribution in [0.4, 0.5) is 4.79 Å². The maximum atomic E-state index is 11.6. The van der Waals surface area contributed by atoms with Crippen LogP contribution >= 0.6 is 11.8 Å². The van der Waals surface area contributed by atoms with E-state index in [9.17, 15) is 14.4 Å². The third-order valence-electron chi connectivity index (χ3n) is 2.60. The molecule has 1 aromatic heterocycles. The number of carbonyl (C=O) groups excluding carboxylic acids is 3. The van der Waals surface area contributed by atoms with Gasteiger partial charge in [-0.15, -0.1) is 5.10 Å². The van der Waals surface area contributed by atoms with Crippen molar-refractivity contribution in [2.45, 2.75) is 13.5 Å². The predicted molar refractivity (Wildman–Crippen MR) is 67.3 cm³/mol. The van der Waals surface area contributed by atoms with Gasteiger partial charge >= 0.3 is 0 Å². The fourth-order valence-corrected chi connectivity index (χ4v) is 2.31. The van der Waals surface area contributed by atoms with E-state index < -0.39 is 0 Å². The number of rotatable bonds is 5. The Kier molecular flexibility index (Phi) is 4.15. The summed E-state index contributed by atoms with van der Waals surface area (Å²) in [6.07, 6.45) is 1.56. The third kappa shape index (κ3) is 3.31. The lowest BCUT2D eigenvalue weighted by molar-refractivity contribution is -0.125. The topological polar surface area (TPSA) is 97.2 Å². The van der Waals surface area contributed by atoms with E-state index in [2.05, 4.69) is 15.6 Å². The van der Waals surface area contributed by atoms with Crippen LogP contribution in [-0.2, 0) is 16.1 Å². The normalized spacial score (nSPS) is 15.1. The number of aryl methyl sites for hydroxylation is 1. The smallest absolute Gasteiger partial charge is 0.288 e. The van der Waals surface area contributed by atoms with Crippen molar-refractivity contribution in [1.29, 1.82) is 0 Å². The molecule has 2 heterocycles. The summed E-state index contributed by atoms with van der Waals surface area (Å²) in [7, 11) is 0. The Bertz CT molecular complexity index is 499. The number of aromatic nitrogens is 3. The Labute approximate surface area is 113 Å². The summed E-state index contributed by atoms with van der Waals surface area (Å²) in [5, 5.41) is 9.80. The highest BCUT2D eigenvalue weighted by Crippen LogP contribution is 2.17. The largest absolute Gasteiger partial charge is 0.353 e. The third-order valence-corrected chi connectivity index (χ3v) is 3.46. The van der Waals surface area contributed by atoms with Gasteiger partial charge in [-0.05, 0) is 6.92 Å². The van der Waals surface area contributed by atoms with Crippen molar-refractivity contribution >= 4 is 28.8 Å². The maximum Gasteiger partial charge on any atom is 0.288 e. The molecule has 8 nitrogen and oxygen atoms in total. The molecule has 0 aliphatic carbocycles. The molecule has 0 spiro atoms. The second kappa shape index (κ2) is 5.83. The second-order valence-electron chi connectivity index (χ2n) is 3.98. The molecule has 0 radical (unpaired) electrons. The number of hydrogen-bond donors (Lipinski definition) is 1. The molecule has 2 rings (SSSR count). The minimum Gasteiger partial charge on any atom is -0.353 e. The van der Waals surface area contributed by atoms with Gasteiger partial charge in [0.25, 0.3) is 5.24 Å². The monoisotopic (exact) mass is 283 g/mol. The average molecular weight is 283 g/mol. The predicted octanol–water partition coefficient (Wildman–Crippen LogP) is -0.602. The van der Waals surface area contributed by atoms with Gasteiger partial charge in [-0.25, -0.2) is 4.68 Å². The Balaban J connectivity index is 1.74. The molecular formula is C10H13N5O3S. The lowest BCUT2D eigenvalue weighted by atomic mass is 10.4. The number of amides is 3. The number of thioether (sulfide) groups is 1. The van der Waals surface area contributed by atoms with E-state index in [1.165, 1.54) is 4.68 Å². The van der Waals surface area contributed by atoms with Crippen LogP contribution in [0, 0.1) is 6.92 Å². The number of imide groups is 1. The van der Waals surface area contributed by atoms with E-state index in [4.69, 9.17) is 0 Å². The van der Waals surface area contributed by atoms with Gasteiger partial charge in [0.15, 0.2) is 0 Å². The van der Waals surface area contributed by atoms with E-state index in [1.54, 1.807) is 13.1 Å². The molecule has 1 aromatic rings. The molecule has 102 valence electrons. The summed E-state index contributed by atoms with van der Waals surface area (Å²) in [5.41, 5.74) is 0.788. The van der Waals surface area contributed by atoms with Gasteiger partial charge in [0.2, 0.25) is 11.8 Å². The van der Waals surface area contributed by atoms with Gasteiger partial charge in [-0.1, -0.05) is 17.0 Å². The van der Waals surface area contributed by atoms with Crippen LogP contribution in [0.15, 0.2) is 6.20 Å².